The van der Waals surface area contributed by atoms with Crippen molar-refractivity contribution >= 4 is 0 Å². The molecule has 0 saturated carbocycles. The van der Waals surface area contributed by atoms with Gasteiger partial charge < -0.3 is 14.6 Å². The van der Waals surface area contributed by atoms with Gasteiger partial charge in [0.05, 0.1) is 12.7 Å². The van der Waals surface area contributed by atoms with E-state index in [-0.39, 0.29) is 5.92 Å². The highest BCUT2D eigenvalue weighted by Gasteiger charge is 2.30. The van der Waals surface area contributed by atoms with Crippen LogP contribution in [-0.4, -0.2) is 21.7 Å². The molecular formula is C20H18N2O3. The molecule has 0 radical (unpaired) electrons. The molecule has 0 amide bonds. The van der Waals surface area contributed by atoms with Gasteiger partial charge in [-0.3, -0.25) is 4.98 Å². The van der Waals surface area contributed by atoms with Gasteiger partial charge in [-0.1, -0.05) is 12.1 Å². The second kappa shape index (κ2) is 6.91. The normalized spacial score (nSPS) is 18.9. The molecule has 126 valence electrons. The summed E-state index contributed by atoms with van der Waals surface area (Å²) in [7, 11) is 0. The fraction of sp³-hybridized carbons (Fsp3) is 0.200. The van der Waals surface area contributed by atoms with Gasteiger partial charge in [-0.25, -0.2) is 4.98 Å². The fourth-order valence-corrected chi connectivity index (χ4v) is 3.01. The summed E-state index contributed by atoms with van der Waals surface area (Å²) in [5, 5.41) is 10.8. The predicted octanol–water partition coefficient (Wildman–Crippen LogP) is 3.55. The molecular weight excluding hydrogens is 316 g/mol. The minimum absolute atomic E-state index is 0.0261. The van der Waals surface area contributed by atoms with Crippen molar-refractivity contribution in [3.05, 3.63) is 78.2 Å². The standard InChI is InChI=1S/C20H18N2O3/c23-20-15(10-14-4-3-8-21-12-14)13-24-18-7-6-16(11-17(18)20)25-19-5-1-2-9-22-19/h1-9,11-12,15,20,23H,10,13H2/t15-,20-/m1/s1. The Balaban J connectivity index is 1.55. The highest BCUT2D eigenvalue weighted by molar-refractivity contribution is 5.44. The minimum Gasteiger partial charge on any atom is -0.493 e. The largest absolute Gasteiger partial charge is 0.493 e. The molecule has 0 unspecified atom stereocenters. The predicted molar refractivity (Wildman–Crippen MR) is 92.6 cm³/mol. The van der Waals surface area contributed by atoms with Crippen LogP contribution in [0.5, 0.6) is 17.4 Å². The molecule has 1 aromatic carbocycles. The maximum Gasteiger partial charge on any atom is 0.219 e. The molecule has 0 saturated heterocycles. The van der Waals surface area contributed by atoms with Crippen LogP contribution in [0.15, 0.2) is 67.1 Å². The SMILES string of the molecule is O[C@H]1c2cc(Oc3ccccn3)ccc2OC[C@H]1Cc1cccnc1. The summed E-state index contributed by atoms with van der Waals surface area (Å²) < 4.78 is 11.6. The lowest BCUT2D eigenvalue weighted by Gasteiger charge is -2.30. The van der Waals surface area contributed by atoms with E-state index in [1.165, 1.54) is 0 Å². The lowest BCUT2D eigenvalue weighted by molar-refractivity contribution is 0.0505. The summed E-state index contributed by atoms with van der Waals surface area (Å²) in [6, 6.07) is 14.9. The molecule has 25 heavy (non-hydrogen) atoms. The summed E-state index contributed by atoms with van der Waals surface area (Å²) in [4.78, 5) is 8.28. The van der Waals surface area contributed by atoms with Crippen LogP contribution in [0, 0.1) is 5.92 Å². The van der Waals surface area contributed by atoms with Crippen molar-refractivity contribution in [3.8, 4) is 17.4 Å². The number of hydrogen-bond acceptors (Lipinski definition) is 5. The molecule has 0 bridgehead atoms. The molecule has 0 fully saturated rings. The van der Waals surface area contributed by atoms with Gasteiger partial charge >= 0.3 is 0 Å². The monoisotopic (exact) mass is 334 g/mol. The van der Waals surface area contributed by atoms with Gasteiger partial charge in [0, 0.05) is 36.1 Å². The van der Waals surface area contributed by atoms with Crippen molar-refractivity contribution in [1.82, 2.24) is 9.97 Å². The van der Waals surface area contributed by atoms with Crippen LogP contribution in [0.1, 0.15) is 17.2 Å². The van der Waals surface area contributed by atoms with Crippen LogP contribution in [-0.2, 0) is 6.42 Å². The van der Waals surface area contributed by atoms with Gasteiger partial charge in [-0.15, -0.1) is 0 Å². The topological polar surface area (TPSA) is 64.5 Å². The van der Waals surface area contributed by atoms with Gasteiger partial charge in [-0.05, 0) is 42.3 Å². The maximum atomic E-state index is 10.8. The van der Waals surface area contributed by atoms with Gasteiger partial charge in [0.1, 0.15) is 11.5 Å². The Morgan fingerprint density at radius 3 is 2.88 bits per heavy atom. The lowest BCUT2D eigenvalue weighted by atomic mass is 9.88. The third-order valence-corrected chi connectivity index (χ3v) is 4.28. The Hall–Kier alpha value is -2.92. The first kappa shape index (κ1) is 15.6. The first-order valence-electron chi connectivity index (χ1n) is 8.22. The summed E-state index contributed by atoms with van der Waals surface area (Å²) in [5.41, 5.74) is 1.83. The van der Waals surface area contributed by atoms with Crippen LogP contribution in [0.4, 0.5) is 0 Å². The van der Waals surface area contributed by atoms with E-state index in [1.807, 2.05) is 48.7 Å². The summed E-state index contributed by atoms with van der Waals surface area (Å²) in [5.74, 6) is 1.81. The van der Waals surface area contributed by atoms with Crippen molar-refractivity contribution in [2.24, 2.45) is 5.92 Å². The molecule has 5 heteroatoms. The number of hydrogen-bond donors (Lipinski definition) is 1. The number of fused-ring (bicyclic) bond motifs is 1. The highest BCUT2D eigenvalue weighted by Crippen LogP contribution is 2.39. The number of ether oxygens (including phenoxy) is 2. The molecule has 1 aliphatic rings. The Morgan fingerprint density at radius 2 is 2.08 bits per heavy atom. The van der Waals surface area contributed by atoms with Crippen molar-refractivity contribution in [1.29, 1.82) is 0 Å². The molecule has 2 atom stereocenters. The molecule has 3 aromatic rings. The molecule has 0 spiro atoms. The van der Waals surface area contributed by atoms with E-state index in [9.17, 15) is 5.11 Å². The minimum atomic E-state index is -0.615. The van der Waals surface area contributed by atoms with Crippen LogP contribution < -0.4 is 9.47 Å². The van der Waals surface area contributed by atoms with E-state index in [1.54, 1.807) is 18.5 Å². The van der Waals surface area contributed by atoms with E-state index in [2.05, 4.69) is 9.97 Å². The van der Waals surface area contributed by atoms with Crippen molar-refractivity contribution in [3.63, 3.8) is 0 Å². The van der Waals surface area contributed by atoms with Crippen LogP contribution in [0.25, 0.3) is 0 Å². The zero-order chi connectivity index (χ0) is 17.1. The van der Waals surface area contributed by atoms with E-state index < -0.39 is 6.10 Å². The van der Waals surface area contributed by atoms with Crippen LogP contribution >= 0.6 is 0 Å². The summed E-state index contributed by atoms with van der Waals surface area (Å²) in [6.45, 7) is 0.476. The molecule has 4 rings (SSSR count). The first-order chi connectivity index (χ1) is 12.3. The lowest BCUT2D eigenvalue weighted by Crippen LogP contribution is -2.27. The average molecular weight is 334 g/mol. The number of benzene rings is 1. The van der Waals surface area contributed by atoms with Crippen molar-refractivity contribution in [2.45, 2.75) is 12.5 Å². The van der Waals surface area contributed by atoms with E-state index in [0.717, 1.165) is 11.1 Å². The summed E-state index contributed by atoms with van der Waals surface area (Å²) in [6.07, 6.45) is 5.34. The average Bonchev–Trinajstić information content (AvgIpc) is 2.66. The zero-order valence-corrected chi connectivity index (χ0v) is 13.6. The van der Waals surface area contributed by atoms with Gasteiger partial charge in [0.2, 0.25) is 5.88 Å². The second-order valence-electron chi connectivity index (χ2n) is 6.05. The number of aliphatic hydroxyl groups excluding tert-OH is 1. The molecule has 2 aromatic heterocycles. The Kier molecular flexibility index (Phi) is 4.31. The van der Waals surface area contributed by atoms with E-state index >= 15 is 0 Å². The van der Waals surface area contributed by atoms with E-state index in [4.69, 9.17) is 9.47 Å². The fourth-order valence-electron chi connectivity index (χ4n) is 3.01. The highest BCUT2D eigenvalue weighted by atomic mass is 16.5. The third-order valence-electron chi connectivity index (χ3n) is 4.28. The molecule has 3 heterocycles. The maximum absolute atomic E-state index is 10.8. The van der Waals surface area contributed by atoms with Crippen LogP contribution in [0.2, 0.25) is 0 Å². The van der Waals surface area contributed by atoms with Gasteiger partial charge in [-0.2, -0.15) is 0 Å². The Bertz CT molecular complexity index is 840. The quantitative estimate of drug-likeness (QED) is 0.790. The number of pyridine rings is 2. The molecule has 1 aliphatic heterocycles. The van der Waals surface area contributed by atoms with Gasteiger partial charge in [0.15, 0.2) is 0 Å². The van der Waals surface area contributed by atoms with E-state index in [0.29, 0.717) is 30.4 Å². The first-order valence-corrected chi connectivity index (χ1v) is 8.22. The number of nitrogens with zero attached hydrogens (tertiary/aromatic N) is 2. The van der Waals surface area contributed by atoms with Gasteiger partial charge in [0.25, 0.3) is 0 Å². The molecule has 1 N–H and O–H groups in total. The smallest absolute Gasteiger partial charge is 0.219 e. The molecule has 0 aliphatic carbocycles. The van der Waals surface area contributed by atoms with Crippen molar-refractivity contribution in [2.75, 3.05) is 6.61 Å². The number of aliphatic hydroxyl groups is 1. The molecule has 5 nitrogen and oxygen atoms in total. The third kappa shape index (κ3) is 3.46. The summed E-state index contributed by atoms with van der Waals surface area (Å²) >= 11 is 0. The zero-order valence-electron chi connectivity index (χ0n) is 13.6. The Morgan fingerprint density at radius 1 is 1.12 bits per heavy atom. The Labute approximate surface area is 145 Å². The number of rotatable bonds is 4. The van der Waals surface area contributed by atoms with Crippen LogP contribution in [0.3, 0.4) is 0 Å². The second-order valence-corrected chi connectivity index (χ2v) is 6.05. The van der Waals surface area contributed by atoms with Crippen molar-refractivity contribution < 1.29 is 14.6 Å². The number of aromatic nitrogens is 2.